The van der Waals surface area contributed by atoms with Crippen LogP contribution in [0.4, 0.5) is 0 Å². The van der Waals surface area contributed by atoms with Crippen molar-refractivity contribution in [2.24, 2.45) is 5.73 Å². The largest absolute Gasteiger partial charge is 0.372 e. The molecule has 0 aromatic rings. The van der Waals surface area contributed by atoms with Gasteiger partial charge in [-0.15, -0.1) is 0 Å². The van der Waals surface area contributed by atoms with Gasteiger partial charge in [-0.25, -0.2) is 0 Å². The summed E-state index contributed by atoms with van der Waals surface area (Å²) in [7, 11) is 0. The van der Waals surface area contributed by atoms with Crippen LogP contribution in [0, 0.1) is 0 Å². The Hall–Kier alpha value is -0.610. The van der Waals surface area contributed by atoms with E-state index < -0.39 is 0 Å². The Bertz CT molecular complexity index is 152. The predicted octanol–water partition coefficient (Wildman–Crippen LogP) is 1.05. The number of ether oxygens (including phenoxy) is 1. The first-order chi connectivity index (χ1) is 7.31. The fourth-order valence-electron chi connectivity index (χ4n) is 1.17. The maximum Gasteiger partial charge on any atom is 0.245 e. The van der Waals surface area contributed by atoms with Crippen molar-refractivity contribution in [2.75, 3.05) is 26.3 Å². The van der Waals surface area contributed by atoms with Gasteiger partial charge in [0.25, 0.3) is 0 Å². The maximum atomic E-state index is 11.2. The minimum atomic E-state index is -0.0245. The van der Waals surface area contributed by atoms with E-state index in [-0.39, 0.29) is 12.5 Å². The van der Waals surface area contributed by atoms with Crippen LogP contribution in [0.1, 0.15) is 39.0 Å². The number of rotatable bonds is 10. The first kappa shape index (κ1) is 14.4. The van der Waals surface area contributed by atoms with Gasteiger partial charge in [-0.3, -0.25) is 4.79 Å². The Morgan fingerprint density at radius 1 is 1.27 bits per heavy atom. The highest BCUT2D eigenvalue weighted by atomic mass is 16.5. The lowest BCUT2D eigenvalue weighted by Gasteiger charge is -2.05. The SMILES string of the molecule is CCCCCOCC(=O)NCCCCN. The molecule has 0 rings (SSSR count). The summed E-state index contributed by atoms with van der Waals surface area (Å²) in [5, 5.41) is 2.79. The Labute approximate surface area is 92.6 Å². The van der Waals surface area contributed by atoms with E-state index in [1.54, 1.807) is 0 Å². The first-order valence-electron chi connectivity index (χ1n) is 5.85. The Morgan fingerprint density at radius 3 is 2.73 bits per heavy atom. The fraction of sp³-hybridized carbons (Fsp3) is 0.909. The summed E-state index contributed by atoms with van der Waals surface area (Å²) in [6.07, 6.45) is 5.28. The van der Waals surface area contributed by atoms with Crippen LogP contribution < -0.4 is 11.1 Å². The third-order valence-electron chi connectivity index (χ3n) is 2.08. The van der Waals surface area contributed by atoms with Crippen molar-refractivity contribution in [2.45, 2.75) is 39.0 Å². The monoisotopic (exact) mass is 216 g/mol. The van der Waals surface area contributed by atoms with Gasteiger partial charge in [0.2, 0.25) is 5.91 Å². The molecule has 90 valence electrons. The topological polar surface area (TPSA) is 64.3 Å². The third kappa shape index (κ3) is 11.3. The Kier molecular flexibility index (Phi) is 11.0. The van der Waals surface area contributed by atoms with Gasteiger partial charge in [-0.05, 0) is 25.8 Å². The second kappa shape index (κ2) is 11.5. The van der Waals surface area contributed by atoms with E-state index in [9.17, 15) is 4.79 Å². The van der Waals surface area contributed by atoms with E-state index in [4.69, 9.17) is 10.5 Å². The molecule has 0 aromatic heterocycles. The Balaban J connectivity index is 3.11. The molecule has 0 bridgehead atoms. The summed E-state index contributed by atoms with van der Waals surface area (Å²) >= 11 is 0. The van der Waals surface area contributed by atoms with Gasteiger partial charge < -0.3 is 15.8 Å². The van der Waals surface area contributed by atoms with Crippen molar-refractivity contribution in [1.82, 2.24) is 5.32 Å². The van der Waals surface area contributed by atoms with Crippen LogP contribution in [0.2, 0.25) is 0 Å². The maximum absolute atomic E-state index is 11.2. The molecule has 0 heterocycles. The molecule has 0 radical (unpaired) electrons. The van der Waals surface area contributed by atoms with Crippen molar-refractivity contribution < 1.29 is 9.53 Å². The summed E-state index contributed by atoms with van der Waals surface area (Å²) in [5.41, 5.74) is 5.33. The number of nitrogens with two attached hydrogens (primary N) is 1. The molecular weight excluding hydrogens is 192 g/mol. The second-order valence-corrected chi connectivity index (χ2v) is 3.61. The molecule has 0 fully saturated rings. The molecule has 1 amide bonds. The van der Waals surface area contributed by atoms with Crippen LogP contribution in [0.15, 0.2) is 0 Å². The molecular formula is C11H24N2O2. The van der Waals surface area contributed by atoms with E-state index >= 15 is 0 Å². The van der Waals surface area contributed by atoms with E-state index in [1.165, 1.54) is 6.42 Å². The molecule has 0 saturated heterocycles. The smallest absolute Gasteiger partial charge is 0.245 e. The molecule has 0 aliphatic rings. The van der Waals surface area contributed by atoms with Crippen molar-refractivity contribution in [3.05, 3.63) is 0 Å². The highest BCUT2D eigenvalue weighted by Gasteiger charge is 1.99. The van der Waals surface area contributed by atoms with Crippen molar-refractivity contribution in [1.29, 1.82) is 0 Å². The molecule has 0 unspecified atom stereocenters. The molecule has 4 heteroatoms. The van der Waals surface area contributed by atoms with Gasteiger partial charge in [0.05, 0.1) is 0 Å². The van der Waals surface area contributed by atoms with Crippen LogP contribution in [0.25, 0.3) is 0 Å². The highest BCUT2D eigenvalue weighted by molar-refractivity contribution is 5.77. The second-order valence-electron chi connectivity index (χ2n) is 3.61. The van der Waals surface area contributed by atoms with Crippen LogP contribution in [0.5, 0.6) is 0 Å². The summed E-state index contributed by atoms with van der Waals surface area (Å²) in [6, 6.07) is 0. The molecule has 0 saturated carbocycles. The van der Waals surface area contributed by atoms with E-state index in [0.717, 1.165) is 25.7 Å². The zero-order valence-corrected chi connectivity index (χ0v) is 9.76. The Morgan fingerprint density at radius 2 is 2.07 bits per heavy atom. The number of amides is 1. The summed E-state index contributed by atoms with van der Waals surface area (Å²) in [6.45, 7) is 4.40. The highest BCUT2D eigenvalue weighted by Crippen LogP contribution is 1.93. The van der Waals surface area contributed by atoms with Gasteiger partial charge >= 0.3 is 0 Å². The number of nitrogens with one attached hydrogen (secondary N) is 1. The lowest BCUT2D eigenvalue weighted by Crippen LogP contribution is -2.28. The molecule has 3 N–H and O–H groups in total. The van der Waals surface area contributed by atoms with Gasteiger partial charge in [0.15, 0.2) is 0 Å². The zero-order valence-electron chi connectivity index (χ0n) is 9.76. The number of hydrogen-bond donors (Lipinski definition) is 2. The average Bonchev–Trinajstić information content (AvgIpc) is 2.24. The van der Waals surface area contributed by atoms with E-state index in [2.05, 4.69) is 12.2 Å². The molecule has 4 nitrogen and oxygen atoms in total. The minimum absolute atomic E-state index is 0.0245. The van der Waals surface area contributed by atoms with Crippen LogP contribution in [-0.2, 0) is 9.53 Å². The third-order valence-corrected chi connectivity index (χ3v) is 2.08. The van der Waals surface area contributed by atoms with Gasteiger partial charge in [-0.2, -0.15) is 0 Å². The number of carbonyl (C=O) groups excluding carboxylic acids is 1. The van der Waals surface area contributed by atoms with Crippen molar-refractivity contribution >= 4 is 5.91 Å². The number of hydrogen-bond acceptors (Lipinski definition) is 3. The molecule has 0 aliphatic heterocycles. The lowest BCUT2D eigenvalue weighted by atomic mass is 10.3. The zero-order chi connectivity index (χ0) is 11.4. The number of unbranched alkanes of at least 4 members (excludes halogenated alkanes) is 3. The van der Waals surface area contributed by atoms with Crippen molar-refractivity contribution in [3.8, 4) is 0 Å². The molecule has 15 heavy (non-hydrogen) atoms. The predicted molar refractivity (Wildman–Crippen MR) is 61.6 cm³/mol. The standard InChI is InChI=1S/C11H24N2O2/c1-2-3-6-9-15-10-11(14)13-8-5-4-7-12/h2-10,12H2,1H3,(H,13,14). The average molecular weight is 216 g/mol. The fourth-order valence-corrected chi connectivity index (χ4v) is 1.17. The van der Waals surface area contributed by atoms with Crippen molar-refractivity contribution in [3.63, 3.8) is 0 Å². The van der Waals surface area contributed by atoms with Crippen LogP contribution in [0.3, 0.4) is 0 Å². The van der Waals surface area contributed by atoms with E-state index in [1.807, 2.05) is 0 Å². The lowest BCUT2D eigenvalue weighted by molar-refractivity contribution is -0.125. The number of carbonyl (C=O) groups is 1. The van der Waals surface area contributed by atoms with Gasteiger partial charge in [-0.1, -0.05) is 19.8 Å². The minimum Gasteiger partial charge on any atom is -0.372 e. The molecule has 0 aromatic carbocycles. The quantitative estimate of drug-likeness (QED) is 0.536. The van der Waals surface area contributed by atoms with Crippen LogP contribution >= 0.6 is 0 Å². The van der Waals surface area contributed by atoms with Gasteiger partial charge in [0, 0.05) is 13.2 Å². The molecule has 0 atom stereocenters. The molecule has 0 aliphatic carbocycles. The first-order valence-corrected chi connectivity index (χ1v) is 5.85. The summed E-state index contributed by atoms with van der Waals surface area (Å²) < 4.78 is 5.22. The van der Waals surface area contributed by atoms with Crippen LogP contribution in [-0.4, -0.2) is 32.2 Å². The summed E-state index contributed by atoms with van der Waals surface area (Å²) in [4.78, 5) is 11.2. The molecule has 0 spiro atoms. The van der Waals surface area contributed by atoms with Gasteiger partial charge in [0.1, 0.15) is 6.61 Å². The summed E-state index contributed by atoms with van der Waals surface area (Å²) in [5.74, 6) is -0.0245. The normalized spacial score (nSPS) is 10.3. The van der Waals surface area contributed by atoms with E-state index in [0.29, 0.717) is 19.7 Å².